The van der Waals surface area contributed by atoms with Crippen molar-refractivity contribution < 1.29 is 28.3 Å². The molecule has 0 unspecified atom stereocenters. The van der Waals surface area contributed by atoms with E-state index in [4.69, 9.17) is 13.2 Å². The maximum Gasteiger partial charge on any atom is 0.0774 e. The van der Waals surface area contributed by atoms with Gasteiger partial charge >= 0.3 is 0 Å². The van der Waals surface area contributed by atoms with Gasteiger partial charge < -0.3 is 9.55 Å². The van der Waals surface area contributed by atoms with Crippen molar-refractivity contribution in [2.24, 2.45) is 0 Å². The molecule has 1 radical (unpaired) electrons. The Bertz CT molecular complexity index is 2390. The van der Waals surface area contributed by atoms with Gasteiger partial charge in [0.2, 0.25) is 0 Å². The minimum absolute atomic E-state index is 0. The Morgan fingerprint density at radius 2 is 1.49 bits per heavy atom. The molecule has 0 atom stereocenters. The molecule has 0 aliphatic carbocycles. The van der Waals surface area contributed by atoms with Crippen LogP contribution in [0.25, 0.3) is 60.6 Å². The van der Waals surface area contributed by atoms with Crippen molar-refractivity contribution in [2.75, 3.05) is 0 Å². The van der Waals surface area contributed by atoms with Crippen molar-refractivity contribution in [1.29, 1.82) is 0 Å². The summed E-state index contributed by atoms with van der Waals surface area (Å²) in [5.74, 6) is 0.752. The Labute approximate surface area is 289 Å². The number of benzene rings is 5. The van der Waals surface area contributed by atoms with Gasteiger partial charge in [0.1, 0.15) is 0 Å². The van der Waals surface area contributed by atoms with Crippen molar-refractivity contribution in [2.45, 2.75) is 13.7 Å². The molecule has 0 N–H and O–H groups in total. The topological polar surface area (TPSA) is 30.7 Å². The van der Waals surface area contributed by atoms with Crippen LogP contribution in [-0.2, 0) is 20.1 Å². The predicted octanol–water partition coefficient (Wildman–Crippen LogP) is 10.5. The van der Waals surface area contributed by atoms with Crippen LogP contribution in [0, 0.1) is 25.2 Å². The molecule has 8 rings (SSSR count). The van der Waals surface area contributed by atoms with Crippen LogP contribution in [0.3, 0.4) is 0 Å². The zero-order valence-corrected chi connectivity index (χ0v) is 27.1. The van der Waals surface area contributed by atoms with Gasteiger partial charge in [-0.1, -0.05) is 100 Å². The van der Waals surface area contributed by atoms with Gasteiger partial charge in [0, 0.05) is 40.2 Å². The van der Waals surface area contributed by atoms with Crippen molar-refractivity contribution in [3.8, 4) is 39.5 Å². The summed E-state index contributed by atoms with van der Waals surface area (Å²) >= 11 is 1.48. The molecule has 0 spiro atoms. The standard InChI is InChI=1S/C28H19N2S.C12H10N.Ir/c1-19-11-16-27-23(17-19)24(18-31-27)28-29-25-9-5-6-10-26(25)30(28)22-14-12-21(13-15-22)20-7-3-2-4-8-20;1-10-7-8-12(13-9-10)11-5-3-2-4-6-11;/h2-17H,1H3;2-5,7-9H,1H3;/q2*-1;/i2*1D3;. The van der Waals surface area contributed by atoms with E-state index in [1.807, 2.05) is 60.7 Å². The van der Waals surface area contributed by atoms with Gasteiger partial charge in [-0.2, -0.15) is 0 Å². The van der Waals surface area contributed by atoms with E-state index < -0.39 is 13.7 Å². The SMILES string of the molecule is [2H]C([2H])([2H])c1ccc(-c2[c-]cccc2)nc1.[2H]C([2H])([2H])c1ccc2s[c-]c(-c3nc4ccccc4n3-c3ccc(-c4ccccc4)cc3)c2c1.[Ir]. The maximum atomic E-state index is 7.84. The molecule has 0 bridgehead atoms. The van der Waals surface area contributed by atoms with E-state index in [0.717, 1.165) is 55.0 Å². The minimum Gasteiger partial charge on any atom is -0.333 e. The molecule has 0 aliphatic heterocycles. The summed E-state index contributed by atoms with van der Waals surface area (Å²) < 4.78 is 48.3. The van der Waals surface area contributed by atoms with Crippen molar-refractivity contribution in [3.63, 3.8) is 0 Å². The van der Waals surface area contributed by atoms with E-state index in [1.165, 1.54) is 23.1 Å². The van der Waals surface area contributed by atoms with E-state index in [2.05, 4.69) is 63.5 Å². The van der Waals surface area contributed by atoms with Gasteiger partial charge in [0.15, 0.2) is 0 Å². The number of pyridine rings is 1. The molecule has 0 fully saturated rings. The predicted molar refractivity (Wildman–Crippen MR) is 184 cm³/mol. The monoisotopic (exact) mass is 782 g/mol. The number of aryl methyl sites for hydroxylation is 2. The van der Waals surface area contributed by atoms with Crippen molar-refractivity contribution in [3.05, 3.63) is 162 Å². The Hall–Kier alpha value is -4.67. The molecule has 0 saturated heterocycles. The molecule has 3 nitrogen and oxygen atoms in total. The van der Waals surface area contributed by atoms with E-state index in [9.17, 15) is 0 Å². The third-order valence-corrected chi connectivity index (χ3v) is 8.16. The quantitative estimate of drug-likeness (QED) is 0.167. The fraction of sp³-hybridized carbons (Fsp3) is 0.0500. The molecular formula is C40H29IrN3S-2. The first-order chi connectivity index (χ1) is 24.1. The van der Waals surface area contributed by atoms with Crippen LogP contribution in [0.5, 0.6) is 0 Å². The second kappa shape index (κ2) is 13.5. The summed E-state index contributed by atoms with van der Waals surface area (Å²) in [4.78, 5) is 9.08. The zero-order chi connectivity index (χ0) is 34.9. The Morgan fingerprint density at radius 3 is 2.24 bits per heavy atom. The number of nitrogens with zero attached hydrogens (tertiary/aromatic N) is 3. The molecule has 5 aromatic carbocycles. The summed E-state index contributed by atoms with van der Waals surface area (Å²) in [6.07, 6.45) is 1.39. The molecule has 0 amide bonds. The normalized spacial score (nSPS) is 13.2. The molecule has 221 valence electrons. The molecular weight excluding hydrogens is 747 g/mol. The second-order valence-electron chi connectivity index (χ2n) is 10.2. The average Bonchev–Trinajstić information content (AvgIpc) is 3.73. The number of para-hydroxylation sites is 2. The number of thiophene rings is 1. The van der Waals surface area contributed by atoms with Gasteiger partial charge in [-0.25, -0.2) is 0 Å². The number of rotatable bonds is 4. The zero-order valence-electron chi connectivity index (χ0n) is 29.9. The second-order valence-corrected chi connectivity index (χ2v) is 11.0. The third-order valence-electron chi connectivity index (χ3n) is 7.28. The Morgan fingerprint density at radius 1 is 0.733 bits per heavy atom. The van der Waals surface area contributed by atoms with Crippen LogP contribution in [0.4, 0.5) is 0 Å². The van der Waals surface area contributed by atoms with Crippen LogP contribution in [0.15, 0.2) is 140 Å². The van der Waals surface area contributed by atoms with Crippen LogP contribution in [0.2, 0.25) is 0 Å². The smallest absolute Gasteiger partial charge is 0.0774 e. The van der Waals surface area contributed by atoms with Crippen LogP contribution >= 0.6 is 11.3 Å². The number of hydrogen-bond acceptors (Lipinski definition) is 3. The maximum absolute atomic E-state index is 7.84. The molecule has 5 heteroatoms. The first-order valence-corrected chi connectivity index (χ1v) is 14.9. The first kappa shape index (κ1) is 23.7. The number of aromatic nitrogens is 3. The molecule has 3 aromatic heterocycles. The van der Waals surface area contributed by atoms with Gasteiger partial charge in [0.25, 0.3) is 0 Å². The van der Waals surface area contributed by atoms with Gasteiger partial charge in [-0.05, 0) is 60.4 Å². The fourth-order valence-corrected chi connectivity index (χ4v) is 5.96. The minimum atomic E-state index is -2.17. The van der Waals surface area contributed by atoms with Crippen LogP contribution < -0.4 is 0 Å². The van der Waals surface area contributed by atoms with E-state index in [1.54, 1.807) is 30.3 Å². The number of imidazole rings is 1. The Kier molecular flexibility index (Phi) is 7.12. The van der Waals surface area contributed by atoms with E-state index in [-0.39, 0.29) is 25.7 Å². The van der Waals surface area contributed by atoms with Gasteiger partial charge in [0.05, 0.1) is 16.9 Å². The van der Waals surface area contributed by atoms with E-state index >= 15 is 0 Å². The molecule has 8 aromatic rings. The van der Waals surface area contributed by atoms with Gasteiger partial charge in [-0.15, -0.1) is 47.3 Å². The molecule has 45 heavy (non-hydrogen) atoms. The van der Waals surface area contributed by atoms with Crippen LogP contribution in [-0.4, -0.2) is 14.5 Å². The largest absolute Gasteiger partial charge is 0.333 e. The van der Waals surface area contributed by atoms with Gasteiger partial charge in [-0.3, -0.25) is 16.3 Å². The van der Waals surface area contributed by atoms with Crippen LogP contribution in [0.1, 0.15) is 19.4 Å². The summed E-state index contributed by atoms with van der Waals surface area (Å²) in [7, 11) is 0. The number of fused-ring (bicyclic) bond motifs is 2. The summed E-state index contributed by atoms with van der Waals surface area (Å²) in [6.45, 7) is -4.26. The van der Waals surface area contributed by atoms with Crippen molar-refractivity contribution in [1.82, 2.24) is 14.5 Å². The fourth-order valence-electron chi connectivity index (χ4n) is 5.14. The first-order valence-electron chi connectivity index (χ1n) is 17.1. The van der Waals surface area contributed by atoms with E-state index in [0.29, 0.717) is 5.56 Å². The summed E-state index contributed by atoms with van der Waals surface area (Å²) in [5, 5.41) is 4.25. The Balaban J connectivity index is 0.000000222. The summed E-state index contributed by atoms with van der Waals surface area (Å²) in [6, 6.07) is 45.8. The van der Waals surface area contributed by atoms with Crippen molar-refractivity contribution >= 4 is 32.5 Å². The average molecular weight is 782 g/mol. The molecule has 0 aliphatic rings. The molecule has 0 saturated carbocycles. The third kappa shape index (κ3) is 6.43. The molecule has 3 heterocycles. The summed E-state index contributed by atoms with van der Waals surface area (Å²) in [5.41, 5.74) is 8.15. The number of hydrogen-bond donors (Lipinski definition) is 0.